The molecule has 7 nitrogen and oxygen atoms in total. The van der Waals surface area contributed by atoms with Crippen LogP contribution in [0.2, 0.25) is 0 Å². The number of nitrogens with one attached hydrogen (secondary N) is 1. The number of amides is 2. The highest BCUT2D eigenvalue weighted by Crippen LogP contribution is 2.40. The van der Waals surface area contributed by atoms with E-state index in [4.69, 9.17) is 15.9 Å². The summed E-state index contributed by atoms with van der Waals surface area (Å²) in [5.74, 6) is -1.40. The fourth-order valence-electron chi connectivity index (χ4n) is 2.24. The summed E-state index contributed by atoms with van der Waals surface area (Å²) in [5, 5.41) is 12.9. The molecule has 0 saturated carbocycles. The summed E-state index contributed by atoms with van der Waals surface area (Å²) in [4.78, 5) is 22.7. The van der Waals surface area contributed by atoms with Crippen molar-refractivity contribution in [1.82, 2.24) is 5.32 Å². The van der Waals surface area contributed by atoms with Crippen LogP contribution in [-0.4, -0.2) is 17.6 Å². The van der Waals surface area contributed by atoms with Crippen LogP contribution in [0.3, 0.4) is 0 Å². The van der Waals surface area contributed by atoms with Gasteiger partial charge in [-0.25, -0.2) is 0 Å². The second kappa shape index (κ2) is 6.41. The standard InChI is InChI=1S/C14H14N4O3S/c1-7-11(13(17)20)12(9-3-2-4-21-9)8(5-15)14(18-7)22-6-10(16)19/h2-4,12,18H,6H2,1H3,(H2,16,19)(H2,17,20)/t12-/m0/s1. The Morgan fingerprint density at radius 1 is 1.50 bits per heavy atom. The molecular weight excluding hydrogens is 304 g/mol. The van der Waals surface area contributed by atoms with Crippen LogP contribution in [-0.2, 0) is 9.59 Å². The van der Waals surface area contributed by atoms with Crippen LogP contribution in [0.4, 0.5) is 0 Å². The Morgan fingerprint density at radius 3 is 2.73 bits per heavy atom. The van der Waals surface area contributed by atoms with Gasteiger partial charge >= 0.3 is 0 Å². The number of primary amides is 2. The molecule has 2 heterocycles. The molecule has 0 radical (unpaired) electrons. The topological polar surface area (TPSA) is 135 Å². The number of carbonyl (C=O) groups excluding carboxylic acids is 2. The van der Waals surface area contributed by atoms with Gasteiger partial charge in [-0.3, -0.25) is 9.59 Å². The van der Waals surface area contributed by atoms with Gasteiger partial charge in [0.15, 0.2) is 0 Å². The third-order valence-electron chi connectivity index (χ3n) is 3.10. The van der Waals surface area contributed by atoms with Gasteiger partial charge in [0.1, 0.15) is 5.76 Å². The largest absolute Gasteiger partial charge is 0.468 e. The van der Waals surface area contributed by atoms with Gasteiger partial charge in [-0.05, 0) is 19.1 Å². The molecular formula is C14H14N4O3S. The van der Waals surface area contributed by atoms with Crippen molar-refractivity contribution in [3.8, 4) is 6.07 Å². The number of hydrogen-bond donors (Lipinski definition) is 3. The molecule has 1 aromatic heterocycles. The molecule has 1 aliphatic heterocycles. The first-order valence-corrected chi connectivity index (χ1v) is 7.30. The molecule has 0 aromatic carbocycles. The minimum atomic E-state index is -0.700. The van der Waals surface area contributed by atoms with E-state index >= 15 is 0 Å². The Labute approximate surface area is 131 Å². The van der Waals surface area contributed by atoms with E-state index in [0.29, 0.717) is 16.5 Å². The van der Waals surface area contributed by atoms with E-state index in [1.807, 2.05) is 0 Å². The third-order valence-corrected chi connectivity index (χ3v) is 4.14. The zero-order chi connectivity index (χ0) is 16.3. The molecule has 5 N–H and O–H groups in total. The molecule has 1 atom stereocenters. The number of furan rings is 1. The molecule has 114 valence electrons. The number of rotatable bonds is 5. The molecule has 2 amide bonds. The number of dihydropyridines is 1. The molecule has 0 spiro atoms. The zero-order valence-corrected chi connectivity index (χ0v) is 12.6. The molecule has 8 heteroatoms. The monoisotopic (exact) mass is 318 g/mol. The van der Waals surface area contributed by atoms with Crippen molar-refractivity contribution in [2.75, 3.05) is 5.75 Å². The molecule has 0 saturated heterocycles. The van der Waals surface area contributed by atoms with Gasteiger partial charge in [-0.1, -0.05) is 11.8 Å². The van der Waals surface area contributed by atoms with Crippen LogP contribution in [0.5, 0.6) is 0 Å². The molecule has 1 aliphatic rings. The summed E-state index contributed by atoms with van der Waals surface area (Å²) in [7, 11) is 0. The summed E-state index contributed by atoms with van der Waals surface area (Å²) in [6.45, 7) is 1.68. The van der Waals surface area contributed by atoms with Gasteiger partial charge in [-0.15, -0.1) is 0 Å². The van der Waals surface area contributed by atoms with Gasteiger partial charge in [-0.2, -0.15) is 5.26 Å². The molecule has 0 unspecified atom stereocenters. The fourth-order valence-corrected chi connectivity index (χ4v) is 3.07. The Morgan fingerprint density at radius 2 is 2.23 bits per heavy atom. The van der Waals surface area contributed by atoms with Crippen molar-refractivity contribution in [3.05, 3.63) is 46.0 Å². The SMILES string of the molecule is CC1=C(C(N)=O)[C@H](c2ccco2)C(C#N)=C(SCC(N)=O)N1. The van der Waals surface area contributed by atoms with E-state index in [-0.39, 0.29) is 16.9 Å². The molecule has 0 fully saturated rings. The first-order valence-electron chi connectivity index (χ1n) is 6.32. The summed E-state index contributed by atoms with van der Waals surface area (Å²) in [6, 6.07) is 5.39. The van der Waals surface area contributed by atoms with E-state index in [1.54, 1.807) is 19.1 Å². The highest BCUT2D eigenvalue weighted by atomic mass is 32.2. The van der Waals surface area contributed by atoms with Crippen molar-refractivity contribution in [2.24, 2.45) is 11.5 Å². The van der Waals surface area contributed by atoms with E-state index in [9.17, 15) is 14.9 Å². The number of allylic oxidation sites excluding steroid dienone is 2. The highest BCUT2D eigenvalue weighted by Gasteiger charge is 2.35. The van der Waals surface area contributed by atoms with Crippen LogP contribution in [0.1, 0.15) is 18.6 Å². The number of nitrogens with two attached hydrogens (primary N) is 2. The Hall–Kier alpha value is -2.66. The first-order chi connectivity index (χ1) is 10.5. The van der Waals surface area contributed by atoms with Crippen LogP contribution >= 0.6 is 11.8 Å². The van der Waals surface area contributed by atoms with Crippen molar-refractivity contribution in [2.45, 2.75) is 12.8 Å². The lowest BCUT2D eigenvalue weighted by Crippen LogP contribution is -2.31. The van der Waals surface area contributed by atoms with Crippen molar-refractivity contribution in [1.29, 1.82) is 5.26 Å². The lowest BCUT2D eigenvalue weighted by molar-refractivity contribution is -0.116. The van der Waals surface area contributed by atoms with E-state index in [2.05, 4.69) is 11.4 Å². The van der Waals surface area contributed by atoms with E-state index in [1.165, 1.54) is 6.26 Å². The Kier molecular flexibility index (Phi) is 4.58. The maximum Gasteiger partial charge on any atom is 0.247 e. The third kappa shape index (κ3) is 2.99. The van der Waals surface area contributed by atoms with E-state index < -0.39 is 17.7 Å². The predicted molar refractivity (Wildman–Crippen MR) is 80.8 cm³/mol. The van der Waals surface area contributed by atoms with Crippen LogP contribution in [0, 0.1) is 11.3 Å². The second-order valence-electron chi connectivity index (χ2n) is 4.59. The van der Waals surface area contributed by atoms with E-state index in [0.717, 1.165) is 11.8 Å². The summed E-state index contributed by atoms with van der Waals surface area (Å²) in [6.07, 6.45) is 1.45. The van der Waals surface area contributed by atoms with Crippen molar-refractivity contribution >= 4 is 23.6 Å². The van der Waals surface area contributed by atoms with Gasteiger partial charge in [0.25, 0.3) is 0 Å². The number of nitriles is 1. The number of hydrogen-bond acceptors (Lipinski definition) is 6. The van der Waals surface area contributed by atoms with Crippen molar-refractivity contribution < 1.29 is 14.0 Å². The normalized spacial score (nSPS) is 17.9. The average molecular weight is 318 g/mol. The lowest BCUT2D eigenvalue weighted by atomic mass is 9.86. The molecule has 1 aromatic rings. The average Bonchev–Trinajstić information content (AvgIpc) is 2.97. The number of thioether (sulfide) groups is 1. The molecule has 22 heavy (non-hydrogen) atoms. The highest BCUT2D eigenvalue weighted by molar-refractivity contribution is 8.03. The smallest absolute Gasteiger partial charge is 0.247 e. The van der Waals surface area contributed by atoms with Crippen LogP contribution in [0.25, 0.3) is 0 Å². The van der Waals surface area contributed by atoms with Gasteiger partial charge in [0, 0.05) is 5.70 Å². The Balaban J connectivity index is 2.52. The maximum atomic E-state index is 11.8. The number of carbonyl (C=O) groups is 2. The Bertz CT molecular complexity index is 713. The molecule has 0 aliphatic carbocycles. The maximum absolute atomic E-state index is 11.8. The first kappa shape index (κ1) is 15.7. The second-order valence-corrected chi connectivity index (χ2v) is 5.57. The van der Waals surface area contributed by atoms with Gasteiger partial charge < -0.3 is 21.2 Å². The molecule has 2 rings (SSSR count). The summed E-state index contributed by atoms with van der Waals surface area (Å²) in [5.41, 5.74) is 11.6. The fraction of sp³-hybridized carbons (Fsp3) is 0.214. The quantitative estimate of drug-likeness (QED) is 0.730. The minimum Gasteiger partial charge on any atom is -0.468 e. The molecule has 0 bridgehead atoms. The van der Waals surface area contributed by atoms with Crippen LogP contribution in [0.15, 0.2) is 44.7 Å². The number of nitrogens with zero attached hydrogens (tertiary/aromatic N) is 1. The van der Waals surface area contributed by atoms with Crippen molar-refractivity contribution in [3.63, 3.8) is 0 Å². The van der Waals surface area contributed by atoms with Gasteiger partial charge in [0.05, 0.1) is 40.2 Å². The predicted octanol–water partition coefficient (Wildman–Crippen LogP) is 0.679. The zero-order valence-electron chi connectivity index (χ0n) is 11.8. The lowest BCUT2D eigenvalue weighted by Gasteiger charge is -2.27. The summed E-state index contributed by atoms with van der Waals surface area (Å²) < 4.78 is 5.35. The van der Waals surface area contributed by atoms with Gasteiger partial charge in [0.2, 0.25) is 11.8 Å². The minimum absolute atomic E-state index is 0.0115. The van der Waals surface area contributed by atoms with Crippen LogP contribution < -0.4 is 16.8 Å². The summed E-state index contributed by atoms with van der Waals surface area (Å²) >= 11 is 1.10.